The molecule has 1 N–H and O–H groups in total. The van der Waals surface area contributed by atoms with E-state index in [-0.39, 0.29) is 22.8 Å². The summed E-state index contributed by atoms with van der Waals surface area (Å²) in [6.45, 7) is 6.04. The first-order valence-corrected chi connectivity index (χ1v) is 13.3. The molecule has 1 aliphatic heterocycles. The van der Waals surface area contributed by atoms with Crippen LogP contribution in [-0.4, -0.2) is 48.7 Å². The Kier molecular flexibility index (Phi) is 7.13. The maximum Gasteiger partial charge on any atom is 0.241 e. The number of benzene rings is 2. The van der Waals surface area contributed by atoms with E-state index >= 15 is 0 Å². The molecular weight excluding hydrogens is 452 g/mol. The summed E-state index contributed by atoms with van der Waals surface area (Å²) in [6, 6.07) is 14.4. The van der Waals surface area contributed by atoms with Crippen molar-refractivity contribution in [2.75, 3.05) is 19.3 Å². The number of sulfone groups is 1. The highest BCUT2D eigenvalue weighted by Gasteiger charge is 2.27. The number of hydrogen-bond donors (Lipinski definition) is 1. The Bertz CT molecular complexity index is 1250. The Labute approximate surface area is 200 Å². The molecule has 9 heteroatoms. The molecule has 1 unspecified atom stereocenters. The van der Waals surface area contributed by atoms with Crippen LogP contribution in [0.15, 0.2) is 57.9 Å². The fourth-order valence-corrected chi connectivity index (χ4v) is 4.85. The average molecular weight is 483 g/mol. The van der Waals surface area contributed by atoms with Crippen molar-refractivity contribution in [1.82, 2.24) is 20.4 Å². The van der Waals surface area contributed by atoms with Gasteiger partial charge in [0, 0.05) is 17.7 Å². The quantitative estimate of drug-likeness (QED) is 0.549. The standard InChI is InChI=1S/C25H30N4O4S/c1-17-6-4-5-7-22(17)24-27-23(33-28-24)16-29-14-12-20(13-15-29)25(30)26-18(2)19-8-10-21(11-9-19)34(3,31)32/h4-11,18,20H,12-16H2,1-3H3,(H,26,30). The Morgan fingerprint density at radius 1 is 1.15 bits per heavy atom. The van der Waals surface area contributed by atoms with Gasteiger partial charge < -0.3 is 9.84 Å². The molecule has 1 saturated heterocycles. The van der Waals surface area contributed by atoms with Crippen LogP contribution in [-0.2, 0) is 21.2 Å². The van der Waals surface area contributed by atoms with Crippen LogP contribution in [0.25, 0.3) is 11.4 Å². The van der Waals surface area contributed by atoms with Gasteiger partial charge in [-0.3, -0.25) is 9.69 Å². The molecular formula is C25H30N4O4S. The third kappa shape index (κ3) is 5.71. The molecule has 1 fully saturated rings. The zero-order valence-corrected chi connectivity index (χ0v) is 20.5. The van der Waals surface area contributed by atoms with Gasteiger partial charge in [-0.15, -0.1) is 0 Å². The summed E-state index contributed by atoms with van der Waals surface area (Å²) in [5.41, 5.74) is 2.94. The molecule has 0 spiro atoms. The summed E-state index contributed by atoms with van der Waals surface area (Å²) in [7, 11) is -3.24. The summed E-state index contributed by atoms with van der Waals surface area (Å²) in [5.74, 6) is 1.14. The molecule has 1 atom stereocenters. The first kappa shape index (κ1) is 24.1. The van der Waals surface area contributed by atoms with E-state index in [1.165, 1.54) is 6.26 Å². The highest BCUT2D eigenvalue weighted by atomic mass is 32.2. The lowest BCUT2D eigenvalue weighted by Gasteiger charge is -2.30. The summed E-state index contributed by atoms with van der Waals surface area (Å²) < 4.78 is 28.7. The summed E-state index contributed by atoms with van der Waals surface area (Å²) in [6.07, 6.45) is 2.69. The van der Waals surface area contributed by atoms with Crippen molar-refractivity contribution < 1.29 is 17.7 Å². The second kappa shape index (κ2) is 10.1. The molecule has 2 aromatic carbocycles. The van der Waals surface area contributed by atoms with Crippen molar-refractivity contribution in [1.29, 1.82) is 0 Å². The predicted molar refractivity (Wildman–Crippen MR) is 129 cm³/mol. The molecule has 2 heterocycles. The lowest BCUT2D eigenvalue weighted by atomic mass is 9.95. The zero-order chi connectivity index (χ0) is 24.3. The number of carbonyl (C=O) groups is 1. The third-order valence-electron chi connectivity index (χ3n) is 6.34. The number of hydrogen-bond acceptors (Lipinski definition) is 7. The van der Waals surface area contributed by atoms with Gasteiger partial charge in [0.15, 0.2) is 9.84 Å². The van der Waals surface area contributed by atoms with Crippen molar-refractivity contribution in [3.05, 3.63) is 65.5 Å². The number of piperidine rings is 1. The number of nitrogens with zero attached hydrogens (tertiary/aromatic N) is 3. The van der Waals surface area contributed by atoms with E-state index in [0.717, 1.165) is 42.6 Å². The maximum absolute atomic E-state index is 12.8. The number of amides is 1. The van der Waals surface area contributed by atoms with Gasteiger partial charge in [-0.1, -0.05) is 41.6 Å². The fraction of sp³-hybridized carbons (Fsp3) is 0.400. The molecule has 0 aliphatic carbocycles. The van der Waals surface area contributed by atoms with Crippen LogP contribution < -0.4 is 5.32 Å². The van der Waals surface area contributed by atoms with E-state index in [0.29, 0.717) is 18.3 Å². The van der Waals surface area contributed by atoms with E-state index in [1.807, 2.05) is 38.1 Å². The van der Waals surface area contributed by atoms with Gasteiger partial charge in [0.25, 0.3) is 0 Å². The van der Waals surface area contributed by atoms with Crippen LogP contribution in [0.3, 0.4) is 0 Å². The smallest absolute Gasteiger partial charge is 0.241 e. The predicted octanol–water partition coefficient (Wildman–Crippen LogP) is 3.54. The minimum atomic E-state index is -3.24. The Balaban J connectivity index is 1.27. The van der Waals surface area contributed by atoms with Crippen molar-refractivity contribution in [3.8, 4) is 11.4 Å². The monoisotopic (exact) mass is 482 g/mol. The number of aromatic nitrogens is 2. The van der Waals surface area contributed by atoms with E-state index < -0.39 is 9.84 Å². The second-order valence-corrected chi connectivity index (χ2v) is 11.0. The van der Waals surface area contributed by atoms with Crippen molar-refractivity contribution >= 4 is 15.7 Å². The minimum absolute atomic E-state index is 0.0268. The summed E-state index contributed by atoms with van der Waals surface area (Å²) in [5, 5.41) is 7.19. The Morgan fingerprint density at radius 2 is 1.82 bits per heavy atom. The van der Waals surface area contributed by atoms with Crippen LogP contribution in [0.2, 0.25) is 0 Å². The van der Waals surface area contributed by atoms with Crippen LogP contribution in [0.5, 0.6) is 0 Å². The Morgan fingerprint density at radius 3 is 2.47 bits per heavy atom. The normalized spacial score (nSPS) is 16.3. The SMILES string of the molecule is Cc1ccccc1-c1noc(CN2CCC(C(=O)NC(C)c3ccc(S(C)(=O)=O)cc3)CC2)n1. The van der Waals surface area contributed by atoms with E-state index in [1.54, 1.807) is 24.3 Å². The molecule has 1 aromatic heterocycles. The van der Waals surface area contributed by atoms with Crippen LogP contribution in [0.4, 0.5) is 0 Å². The van der Waals surface area contributed by atoms with Gasteiger partial charge in [-0.2, -0.15) is 4.98 Å². The van der Waals surface area contributed by atoms with E-state index in [4.69, 9.17) is 4.52 Å². The fourth-order valence-electron chi connectivity index (χ4n) is 4.22. The highest BCUT2D eigenvalue weighted by Crippen LogP contribution is 2.23. The molecule has 0 bridgehead atoms. The number of rotatable bonds is 7. The molecule has 1 aliphatic rings. The van der Waals surface area contributed by atoms with Crippen molar-refractivity contribution in [2.24, 2.45) is 5.92 Å². The van der Waals surface area contributed by atoms with E-state index in [2.05, 4.69) is 20.4 Å². The zero-order valence-electron chi connectivity index (χ0n) is 19.7. The summed E-state index contributed by atoms with van der Waals surface area (Å²) >= 11 is 0. The Hall–Kier alpha value is -3.04. The largest absolute Gasteiger partial charge is 0.349 e. The molecule has 0 radical (unpaired) electrons. The number of carbonyl (C=O) groups excluding carboxylic acids is 1. The van der Waals surface area contributed by atoms with Crippen LogP contribution >= 0.6 is 0 Å². The lowest BCUT2D eigenvalue weighted by Crippen LogP contribution is -2.40. The molecule has 3 aromatic rings. The first-order chi connectivity index (χ1) is 16.2. The maximum atomic E-state index is 12.8. The minimum Gasteiger partial charge on any atom is -0.349 e. The highest BCUT2D eigenvalue weighted by molar-refractivity contribution is 7.90. The van der Waals surface area contributed by atoms with Gasteiger partial charge in [-0.25, -0.2) is 8.42 Å². The molecule has 34 heavy (non-hydrogen) atoms. The lowest BCUT2D eigenvalue weighted by molar-refractivity contribution is -0.127. The second-order valence-electron chi connectivity index (χ2n) is 8.95. The molecule has 8 nitrogen and oxygen atoms in total. The van der Waals surface area contributed by atoms with Crippen molar-refractivity contribution in [3.63, 3.8) is 0 Å². The summed E-state index contributed by atoms with van der Waals surface area (Å²) in [4.78, 5) is 19.8. The van der Waals surface area contributed by atoms with Gasteiger partial charge in [0.05, 0.1) is 17.5 Å². The van der Waals surface area contributed by atoms with Crippen LogP contribution in [0, 0.1) is 12.8 Å². The first-order valence-electron chi connectivity index (χ1n) is 11.4. The molecule has 1 amide bonds. The van der Waals surface area contributed by atoms with Crippen LogP contribution in [0.1, 0.15) is 42.8 Å². The number of nitrogens with one attached hydrogen (secondary N) is 1. The topological polar surface area (TPSA) is 105 Å². The number of aryl methyl sites for hydroxylation is 1. The molecule has 4 rings (SSSR count). The van der Waals surface area contributed by atoms with Gasteiger partial charge >= 0.3 is 0 Å². The van der Waals surface area contributed by atoms with Gasteiger partial charge in [-0.05, 0) is 63.0 Å². The molecule has 0 saturated carbocycles. The van der Waals surface area contributed by atoms with Gasteiger partial charge in [0.2, 0.25) is 17.6 Å². The average Bonchev–Trinajstić information content (AvgIpc) is 3.27. The van der Waals surface area contributed by atoms with E-state index in [9.17, 15) is 13.2 Å². The van der Waals surface area contributed by atoms with Gasteiger partial charge in [0.1, 0.15) is 0 Å². The van der Waals surface area contributed by atoms with Crippen molar-refractivity contribution in [2.45, 2.75) is 44.2 Å². The third-order valence-corrected chi connectivity index (χ3v) is 7.47. The molecule has 180 valence electrons. The number of likely N-dealkylation sites (tertiary alicyclic amines) is 1.